The van der Waals surface area contributed by atoms with Crippen molar-refractivity contribution in [2.45, 2.75) is 10.1 Å². The highest BCUT2D eigenvalue weighted by Crippen LogP contribution is 2.28. The smallest absolute Gasteiger partial charge is 0.266 e. The number of hydrogen-bond acceptors (Lipinski definition) is 6. The van der Waals surface area contributed by atoms with E-state index in [4.69, 9.17) is 11.6 Å². The first-order valence-electron chi connectivity index (χ1n) is 5.90. The molecule has 0 unspecified atom stereocenters. The van der Waals surface area contributed by atoms with Crippen molar-refractivity contribution in [2.75, 3.05) is 0 Å². The third kappa shape index (κ3) is 2.67. The van der Waals surface area contributed by atoms with Gasteiger partial charge in [-0.25, -0.2) is 4.68 Å². The van der Waals surface area contributed by atoms with Crippen LogP contribution < -0.4 is 5.56 Å². The van der Waals surface area contributed by atoms with Crippen LogP contribution in [0.2, 0.25) is 5.02 Å². The lowest BCUT2D eigenvalue weighted by molar-refractivity contribution is 0.664. The second kappa shape index (κ2) is 5.66. The number of para-hydroxylation sites is 1. The van der Waals surface area contributed by atoms with E-state index in [2.05, 4.69) is 20.6 Å². The molecule has 0 saturated carbocycles. The number of aryl methyl sites for hydroxylation is 1. The van der Waals surface area contributed by atoms with Gasteiger partial charge in [-0.3, -0.25) is 4.79 Å². The summed E-state index contributed by atoms with van der Waals surface area (Å²) in [5.74, 6) is 0. The standard InChI is InChI=1S/C12H9ClN6OS/c1-18-12(15-16-17-18)21-9-7-14-19(11(20)10(9)13)8-5-3-2-4-6-8/h2-7H,1H3. The molecule has 0 spiro atoms. The number of halogens is 1. The van der Waals surface area contributed by atoms with Crippen molar-refractivity contribution in [3.05, 3.63) is 51.9 Å². The Labute approximate surface area is 128 Å². The molecule has 2 heterocycles. The van der Waals surface area contributed by atoms with Gasteiger partial charge in [0.2, 0.25) is 5.16 Å². The van der Waals surface area contributed by atoms with Crippen LogP contribution in [0.3, 0.4) is 0 Å². The van der Waals surface area contributed by atoms with Gasteiger partial charge < -0.3 is 0 Å². The van der Waals surface area contributed by atoms with E-state index in [1.807, 2.05) is 18.2 Å². The average molecular weight is 321 g/mol. The molecule has 7 nitrogen and oxygen atoms in total. The zero-order valence-corrected chi connectivity index (χ0v) is 12.4. The zero-order valence-electron chi connectivity index (χ0n) is 10.8. The van der Waals surface area contributed by atoms with Crippen molar-refractivity contribution < 1.29 is 0 Å². The molecule has 106 valence electrons. The maximum Gasteiger partial charge on any atom is 0.291 e. The Morgan fingerprint density at radius 1 is 1.24 bits per heavy atom. The summed E-state index contributed by atoms with van der Waals surface area (Å²) < 4.78 is 2.74. The average Bonchev–Trinajstić information content (AvgIpc) is 2.90. The van der Waals surface area contributed by atoms with Crippen LogP contribution in [0.1, 0.15) is 0 Å². The molecule has 0 atom stereocenters. The van der Waals surface area contributed by atoms with E-state index in [0.717, 1.165) is 0 Å². The van der Waals surface area contributed by atoms with E-state index in [-0.39, 0.29) is 10.6 Å². The Bertz CT molecular complexity index is 831. The SMILES string of the molecule is Cn1nnnc1Sc1cnn(-c2ccccc2)c(=O)c1Cl. The first-order chi connectivity index (χ1) is 10.2. The minimum absolute atomic E-state index is 0.0850. The summed E-state index contributed by atoms with van der Waals surface area (Å²) in [7, 11) is 1.70. The predicted molar refractivity (Wildman–Crippen MR) is 77.8 cm³/mol. The van der Waals surface area contributed by atoms with E-state index in [1.54, 1.807) is 19.2 Å². The molecule has 0 saturated heterocycles. The molecular formula is C12H9ClN6OS. The van der Waals surface area contributed by atoms with Crippen LogP contribution in [0, 0.1) is 0 Å². The Balaban J connectivity index is 2.01. The molecular weight excluding hydrogens is 312 g/mol. The van der Waals surface area contributed by atoms with Crippen molar-refractivity contribution in [3.63, 3.8) is 0 Å². The molecule has 21 heavy (non-hydrogen) atoms. The Kier molecular flexibility index (Phi) is 3.72. The van der Waals surface area contributed by atoms with Crippen LogP contribution in [0.25, 0.3) is 5.69 Å². The van der Waals surface area contributed by atoms with Crippen molar-refractivity contribution >= 4 is 23.4 Å². The highest BCUT2D eigenvalue weighted by molar-refractivity contribution is 7.99. The lowest BCUT2D eigenvalue weighted by Crippen LogP contribution is -2.21. The van der Waals surface area contributed by atoms with Gasteiger partial charge >= 0.3 is 0 Å². The maximum atomic E-state index is 12.3. The molecule has 0 N–H and O–H groups in total. The fourth-order valence-electron chi connectivity index (χ4n) is 1.65. The quantitative estimate of drug-likeness (QED) is 0.728. The van der Waals surface area contributed by atoms with Gasteiger partial charge in [-0.1, -0.05) is 29.8 Å². The molecule has 2 aromatic heterocycles. The number of hydrogen-bond donors (Lipinski definition) is 0. The monoisotopic (exact) mass is 320 g/mol. The minimum Gasteiger partial charge on any atom is -0.266 e. The third-order valence-corrected chi connectivity index (χ3v) is 4.21. The second-order valence-electron chi connectivity index (χ2n) is 4.06. The lowest BCUT2D eigenvalue weighted by Gasteiger charge is -2.07. The Morgan fingerprint density at radius 3 is 2.67 bits per heavy atom. The maximum absolute atomic E-state index is 12.3. The molecule has 9 heteroatoms. The largest absolute Gasteiger partial charge is 0.291 e. The molecule has 0 aliphatic carbocycles. The van der Waals surface area contributed by atoms with E-state index < -0.39 is 0 Å². The number of nitrogens with zero attached hydrogens (tertiary/aromatic N) is 6. The Hall–Kier alpha value is -2.19. The van der Waals surface area contributed by atoms with Crippen molar-refractivity contribution in [1.29, 1.82) is 0 Å². The van der Waals surface area contributed by atoms with Gasteiger partial charge in [-0.05, 0) is 34.3 Å². The van der Waals surface area contributed by atoms with Crippen molar-refractivity contribution in [1.82, 2.24) is 30.0 Å². The van der Waals surface area contributed by atoms with Gasteiger partial charge in [0.15, 0.2) is 0 Å². The van der Waals surface area contributed by atoms with Crippen LogP contribution in [0.4, 0.5) is 0 Å². The van der Waals surface area contributed by atoms with Crippen molar-refractivity contribution in [2.24, 2.45) is 7.05 Å². The molecule has 0 aliphatic rings. The fraction of sp³-hybridized carbons (Fsp3) is 0.0833. The van der Waals surface area contributed by atoms with Crippen LogP contribution in [0.15, 0.2) is 51.4 Å². The molecule has 1 aromatic carbocycles. The molecule has 3 rings (SSSR count). The van der Waals surface area contributed by atoms with Crippen LogP contribution in [-0.2, 0) is 7.05 Å². The third-order valence-electron chi connectivity index (χ3n) is 2.67. The number of aromatic nitrogens is 6. The van der Waals surface area contributed by atoms with Crippen LogP contribution in [0.5, 0.6) is 0 Å². The molecule has 0 bridgehead atoms. The van der Waals surface area contributed by atoms with E-state index in [0.29, 0.717) is 15.7 Å². The van der Waals surface area contributed by atoms with Gasteiger partial charge in [0, 0.05) is 7.05 Å². The zero-order chi connectivity index (χ0) is 14.8. The molecule has 0 amide bonds. The van der Waals surface area contributed by atoms with E-state index in [1.165, 1.54) is 27.3 Å². The first-order valence-corrected chi connectivity index (χ1v) is 7.10. The van der Waals surface area contributed by atoms with E-state index >= 15 is 0 Å². The minimum atomic E-state index is -0.386. The fourth-order valence-corrected chi connectivity index (χ4v) is 2.61. The molecule has 0 fully saturated rings. The highest BCUT2D eigenvalue weighted by Gasteiger charge is 2.14. The van der Waals surface area contributed by atoms with Gasteiger partial charge in [-0.15, -0.1) is 5.10 Å². The summed E-state index contributed by atoms with van der Waals surface area (Å²) >= 11 is 7.33. The second-order valence-corrected chi connectivity index (χ2v) is 5.45. The van der Waals surface area contributed by atoms with Gasteiger partial charge in [0.25, 0.3) is 5.56 Å². The Morgan fingerprint density at radius 2 is 2.00 bits per heavy atom. The number of rotatable bonds is 3. The van der Waals surface area contributed by atoms with Gasteiger partial charge in [0.05, 0.1) is 16.8 Å². The van der Waals surface area contributed by atoms with E-state index in [9.17, 15) is 4.79 Å². The summed E-state index contributed by atoms with van der Waals surface area (Å²) in [5, 5.41) is 15.8. The molecule has 3 aromatic rings. The highest BCUT2D eigenvalue weighted by atomic mass is 35.5. The lowest BCUT2D eigenvalue weighted by atomic mass is 10.3. The van der Waals surface area contributed by atoms with Crippen molar-refractivity contribution in [3.8, 4) is 5.69 Å². The van der Waals surface area contributed by atoms with Crippen LogP contribution >= 0.6 is 23.4 Å². The topological polar surface area (TPSA) is 78.5 Å². The van der Waals surface area contributed by atoms with Gasteiger partial charge in [0.1, 0.15) is 5.02 Å². The normalized spacial score (nSPS) is 10.8. The summed E-state index contributed by atoms with van der Waals surface area (Å²) in [5.41, 5.74) is 0.268. The van der Waals surface area contributed by atoms with Crippen LogP contribution in [-0.4, -0.2) is 30.0 Å². The number of benzene rings is 1. The predicted octanol–water partition coefficient (Wildman–Crippen LogP) is 1.56. The summed E-state index contributed by atoms with van der Waals surface area (Å²) in [6, 6.07) is 9.08. The summed E-state index contributed by atoms with van der Waals surface area (Å²) in [6.45, 7) is 0. The van der Waals surface area contributed by atoms with Gasteiger partial charge in [-0.2, -0.15) is 9.78 Å². The summed E-state index contributed by atoms with van der Waals surface area (Å²) in [6.07, 6.45) is 1.52. The first kappa shape index (κ1) is 13.8. The number of tetrazole rings is 1. The molecule has 0 aliphatic heterocycles. The molecule has 0 radical (unpaired) electrons. The summed E-state index contributed by atoms with van der Waals surface area (Å²) in [4.78, 5) is 12.8.